The SMILES string of the molecule is COCC1CCCN(C(=O)N2CCOC(CC(=O)O)C2)C1. The van der Waals surface area contributed by atoms with Crippen LogP contribution in [0.15, 0.2) is 0 Å². The number of methoxy groups -OCH3 is 1. The van der Waals surface area contributed by atoms with Crippen LogP contribution < -0.4 is 0 Å². The highest BCUT2D eigenvalue weighted by molar-refractivity contribution is 5.75. The van der Waals surface area contributed by atoms with Crippen LogP contribution in [-0.4, -0.2) is 79.5 Å². The number of hydrogen-bond donors (Lipinski definition) is 1. The molecule has 0 bridgehead atoms. The van der Waals surface area contributed by atoms with Crippen molar-refractivity contribution in [1.82, 2.24) is 9.80 Å². The van der Waals surface area contributed by atoms with Crippen LogP contribution in [0.1, 0.15) is 19.3 Å². The van der Waals surface area contributed by atoms with Crippen LogP contribution in [0, 0.1) is 5.92 Å². The van der Waals surface area contributed by atoms with Crippen molar-refractivity contribution in [3.8, 4) is 0 Å². The van der Waals surface area contributed by atoms with Gasteiger partial charge in [-0.15, -0.1) is 0 Å². The van der Waals surface area contributed by atoms with Gasteiger partial charge in [-0.25, -0.2) is 4.79 Å². The molecule has 0 aromatic carbocycles. The fourth-order valence-corrected chi connectivity index (χ4v) is 3.02. The van der Waals surface area contributed by atoms with E-state index in [1.165, 1.54) is 0 Å². The smallest absolute Gasteiger partial charge is 0.320 e. The van der Waals surface area contributed by atoms with Crippen LogP contribution in [0.2, 0.25) is 0 Å². The minimum absolute atomic E-state index is 0.00510. The van der Waals surface area contributed by atoms with Gasteiger partial charge >= 0.3 is 12.0 Å². The largest absolute Gasteiger partial charge is 0.481 e. The second-order valence-corrected chi connectivity index (χ2v) is 5.73. The van der Waals surface area contributed by atoms with Gasteiger partial charge in [0, 0.05) is 39.2 Å². The average molecular weight is 300 g/mol. The number of amides is 2. The van der Waals surface area contributed by atoms with Crippen molar-refractivity contribution in [2.45, 2.75) is 25.4 Å². The average Bonchev–Trinajstić information content (AvgIpc) is 2.47. The third-order valence-corrected chi connectivity index (χ3v) is 4.00. The van der Waals surface area contributed by atoms with Gasteiger partial charge in [-0.1, -0.05) is 0 Å². The second kappa shape index (κ2) is 7.61. The van der Waals surface area contributed by atoms with Crippen LogP contribution in [0.4, 0.5) is 4.79 Å². The van der Waals surface area contributed by atoms with Crippen molar-refractivity contribution in [3.05, 3.63) is 0 Å². The molecule has 2 fully saturated rings. The molecule has 0 aromatic heterocycles. The lowest BCUT2D eigenvalue weighted by atomic mass is 9.99. The third kappa shape index (κ3) is 4.57. The summed E-state index contributed by atoms with van der Waals surface area (Å²) < 4.78 is 10.6. The van der Waals surface area contributed by atoms with E-state index in [0.717, 1.165) is 19.4 Å². The Morgan fingerprint density at radius 1 is 1.29 bits per heavy atom. The number of hydrogen-bond acceptors (Lipinski definition) is 4. The van der Waals surface area contributed by atoms with E-state index < -0.39 is 12.1 Å². The Hall–Kier alpha value is -1.34. The molecule has 2 atom stereocenters. The number of nitrogens with zero attached hydrogens (tertiary/aromatic N) is 2. The highest BCUT2D eigenvalue weighted by Crippen LogP contribution is 2.19. The van der Waals surface area contributed by atoms with Gasteiger partial charge in [-0.3, -0.25) is 4.79 Å². The van der Waals surface area contributed by atoms with Crippen LogP contribution in [0.25, 0.3) is 0 Å². The van der Waals surface area contributed by atoms with Crippen LogP contribution in [0.5, 0.6) is 0 Å². The van der Waals surface area contributed by atoms with E-state index in [-0.39, 0.29) is 12.5 Å². The van der Waals surface area contributed by atoms with E-state index >= 15 is 0 Å². The Kier molecular flexibility index (Phi) is 5.81. The zero-order valence-corrected chi connectivity index (χ0v) is 12.5. The molecule has 2 heterocycles. The molecule has 0 aromatic rings. The van der Waals surface area contributed by atoms with Crippen molar-refractivity contribution in [3.63, 3.8) is 0 Å². The Morgan fingerprint density at radius 2 is 2.05 bits per heavy atom. The number of carbonyl (C=O) groups excluding carboxylic acids is 1. The maximum Gasteiger partial charge on any atom is 0.320 e. The number of rotatable bonds is 4. The summed E-state index contributed by atoms with van der Waals surface area (Å²) in [5.74, 6) is -0.504. The number of piperidine rings is 1. The molecule has 0 radical (unpaired) electrons. The topological polar surface area (TPSA) is 79.3 Å². The summed E-state index contributed by atoms with van der Waals surface area (Å²) in [5.41, 5.74) is 0. The Morgan fingerprint density at radius 3 is 2.76 bits per heavy atom. The number of carboxylic acid groups (broad SMARTS) is 1. The molecule has 2 unspecified atom stereocenters. The van der Waals surface area contributed by atoms with Crippen molar-refractivity contribution in [1.29, 1.82) is 0 Å². The lowest BCUT2D eigenvalue weighted by Crippen LogP contribution is -2.53. The summed E-state index contributed by atoms with van der Waals surface area (Å²) in [7, 11) is 1.68. The molecule has 120 valence electrons. The molecule has 0 spiro atoms. The maximum absolute atomic E-state index is 12.5. The molecule has 2 saturated heterocycles. The first-order chi connectivity index (χ1) is 10.1. The Balaban J connectivity index is 1.88. The standard InChI is InChI=1S/C14H24N2O5/c1-20-10-11-3-2-4-15(8-11)14(19)16-5-6-21-12(9-16)7-13(17)18/h11-12H,2-10H2,1H3,(H,17,18). The van der Waals surface area contributed by atoms with Gasteiger partial charge in [0.1, 0.15) is 0 Å². The lowest BCUT2D eigenvalue weighted by Gasteiger charge is -2.39. The molecule has 1 N–H and O–H groups in total. The van der Waals surface area contributed by atoms with E-state index in [1.54, 1.807) is 12.0 Å². The van der Waals surface area contributed by atoms with Crippen molar-refractivity contribution < 1.29 is 24.2 Å². The fraction of sp³-hybridized carbons (Fsp3) is 0.857. The molecular formula is C14H24N2O5. The first-order valence-corrected chi connectivity index (χ1v) is 7.46. The predicted octanol–water partition coefficient (Wildman–Crippen LogP) is 0.640. The molecule has 21 heavy (non-hydrogen) atoms. The van der Waals surface area contributed by atoms with E-state index in [4.69, 9.17) is 14.6 Å². The zero-order chi connectivity index (χ0) is 15.2. The summed E-state index contributed by atoms with van der Waals surface area (Å²) in [6.45, 7) is 3.44. The molecule has 0 aliphatic carbocycles. The number of ether oxygens (including phenoxy) is 2. The number of morpholine rings is 1. The summed E-state index contributed by atoms with van der Waals surface area (Å²) in [4.78, 5) is 26.9. The number of carbonyl (C=O) groups is 2. The fourth-order valence-electron chi connectivity index (χ4n) is 3.02. The highest BCUT2D eigenvalue weighted by Gasteiger charge is 2.31. The van der Waals surface area contributed by atoms with Crippen LogP contribution in [-0.2, 0) is 14.3 Å². The quantitative estimate of drug-likeness (QED) is 0.824. The first-order valence-electron chi connectivity index (χ1n) is 7.46. The number of likely N-dealkylation sites (tertiary alicyclic amines) is 1. The minimum atomic E-state index is -0.896. The van der Waals surface area contributed by atoms with E-state index in [1.807, 2.05) is 4.90 Å². The molecule has 2 rings (SSSR count). The van der Waals surface area contributed by atoms with Gasteiger partial charge in [0.25, 0.3) is 0 Å². The van der Waals surface area contributed by atoms with Gasteiger partial charge in [-0.05, 0) is 12.8 Å². The molecule has 7 nitrogen and oxygen atoms in total. The first kappa shape index (κ1) is 16.0. The Bertz CT molecular complexity index is 374. The molecule has 2 aliphatic heterocycles. The number of urea groups is 1. The molecule has 2 amide bonds. The van der Waals surface area contributed by atoms with E-state index in [9.17, 15) is 9.59 Å². The summed E-state index contributed by atoms with van der Waals surface area (Å²) >= 11 is 0. The van der Waals surface area contributed by atoms with Crippen LogP contribution in [0.3, 0.4) is 0 Å². The van der Waals surface area contributed by atoms with Crippen molar-refractivity contribution in [2.75, 3.05) is 46.5 Å². The summed E-state index contributed by atoms with van der Waals surface area (Å²) in [6, 6.07) is -0.00510. The number of aliphatic carboxylic acids is 1. The van der Waals surface area contributed by atoms with Gasteiger partial charge in [0.2, 0.25) is 0 Å². The number of carboxylic acids is 1. The normalized spacial score (nSPS) is 26.7. The third-order valence-electron chi connectivity index (χ3n) is 4.00. The second-order valence-electron chi connectivity index (χ2n) is 5.73. The van der Waals surface area contributed by atoms with Crippen molar-refractivity contribution in [2.24, 2.45) is 5.92 Å². The Labute approximate surface area is 124 Å². The molecule has 2 aliphatic rings. The van der Waals surface area contributed by atoms with Crippen molar-refractivity contribution >= 4 is 12.0 Å². The van der Waals surface area contributed by atoms with Gasteiger partial charge < -0.3 is 24.4 Å². The molecule has 7 heteroatoms. The molecular weight excluding hydrogens is 276 g/mol. The minimum Gasteiger partial charge on any atom is -0.481 e. The summed E-state index contributed by atoms with van der Waals surface area (Å²) in [6.07, 6.45) is 1.61. The van der Waals surface area contributed by atoms with Gasteiger partial charge in [0.15, 0.2) is 0 Å². The summed E-state index contributed by atoms with van der Waals surface area (Å²) in [5, 5.41) is 8.83. The van der Waals surface area contributed by atoms with E-state index in [0.29, 0.717) is 38.8 Å². The van der Waals surface area contributed by atoms with Gasteiger partial charge in [0.05, 0.1) is 25.7 Å². The maximum atomic E-state index is 12.5. The predicted molar refractivity (Wildman–Crippen MR) is 75.1 cm³/mol. The van der Waals surface area contributed by atoms with E-state index in [2.05, 4.69) is 0 Å². The zero-order valence-electron chi connectivity index (χ0n) is 12.5. The van der Waals surface area contributed by atoms with Crippen LogP contribution >= 0.6 is 0 Å². The lowest BCUT2D eigenvalue weighted by molar-refractivity contribution is -0.141. The van der Waals surface area contributed by atoms with Gasteiger partial charge in [-0.2, -0.15) is 0 Å². The molecule has 0 saturated carbocycles. The highest BCUT2D eigenvalue weighted by atomic mass is 16.5. The monoisotopic (exact) mass is 300 g/mol.